The van der Waals surface area contributed by atoms with Crippen molar-refractivity contribution in [2.24, 2.45) is 0 Å². The van der Waals surface area contributed by atoms with Gasteiger partial charge in [-0.2, -0.15) is 0 Å². The Balaban J connectivity index is 2.51. The van der Waals surface area contributed by atoms with Crippen LogP contribution in [0.25, 0.3) is 0 Å². The van der Waals surface area contributed by atoms with E-state index in [0.717, 1.165) is 0 Å². The fourth-order valence-electron chi connectivity index (χ4n) is 1.05. The molecule has 4 nitrogen and oxygen atoms in total. The molecule has 4 atom stereocenters. The number of aliphatic hydroxyl groups excluding tert-OH is 3. The minimum Gasteiger partial charge on any atom is -0.394 e. The average Bonchev–Trinajstić information content (AvgIpc) is 1.96. The summed E-state index contributed by atoms with van der Waals surface area (Å²) < 4.78 is 16.9. The van der Waals surface area contributed by atoms with Crippen LogP contribution in [0.4, 0.5) is 4.39 Å². The van der Waals surface area contributed by atoms with Gasteiger partial charge in [0.2, 0.25) is 6.36 Å². The van der Waals surface area contributed by atoms with E-state index in [-0.39, 0.29) is 6.42 Å². The van der Waals surface area contributed by atoms with Crippen LogP contribution in [0, 0.1) is 0 Å². The molecule has 1 heterocycles. The number of alkyl halides is 1. The summed E-state index contributed by atoms with van der Waals surface area (Å²) in [6.45, 7) is -0.487. The molecule has 0 aromatic rings. The lowest BCUT2D eigenvalue weighted by molar-refractivity contribution is -0.213. The van der Waals surface area contributed by atoms with E-state index >= 15 is 0 Å². The molecule has 0 bridgehead atoms. The third-order valence-electron chi connectivity index (χ3n) is 1.70. The molecule has 5 heteroatoms. The van der Waals surface area contributed by atoms with E-state index in [1.165, 1.54) is 0 Å². The Bertz CT molecular complexity index is 132. The summed E-state index contributed by atoms with van der Waals surface area (Å²) in [5.74, 6) is 0. The molecule has 0 spiro atoms. The van der Waals surface area contributed by atoms with Crippen LogP contribution in [-0.2, 0) is 4.74 Å². The minimum atomic E-state index is -1.59. The Morgan fingerprint density at radius 2 is 2.09 bits per heavy atom. The second-order valence-electron chi connectivity index (χ2n) is 2.56. The van der Waals surface area contributed by atoms with Gasteiger partial charge in [0.05, 0.1) is 12.7 Å². The fourth-order valence-corrected chi connectivity index (χ4v) is 1.05. The Kier molecular flexibility index (Phi) is 2.78. The third kappa shape index (κ3) is 1.87. The van der Waals surface area contributed by atoms with Gasteiger partial charge in [-0.1, -0.05) is 0 Å². The maximum absolute atomic E-state index is 12.4. The number of hydrogen-bond acceptors (Lipinski definition) is 4. The molecule has 0 aromatic carbocycles. The Labute approximate surface area is 63.2 Å². The van der Waals surface area contributed by atoms with Crippen molar-refractivity contribution < 1.29 is 24.4 Å². The highest BCUT2D eigenvalue weighted by Crippen LogP contribution is 2.20. The lowest BCUT2D eigenvalue weighted by atomic mass is 10.0. The highest BCUT2D eigenvalue weighted by molar-refractivity contribution is 4.81. The topological polar surface area (TPSA) is 69.9 Å². The largest absolute Gasteiger partial charge is 0.394 e. The standard InChI is InChI=1S/C6H11FO4/c7-5-1-3(9)6(10)4(2-8)11-5/h3-6,8-10H,1-2H2/t3-,4-,5?,6-/m1/s1. The second kappa shape index (κ2) is 3.44. The molecule has 0 radical (unpaired) electrons. The minimum absolute atomic E-state index is 0.238. The van der Waals surface area contributed by atoms with Crippen LogP contribution >= 0.6 is 0 Å². The van der Waals surface area contributed by atoms with Crippen molar-refractivity contribution in [1.29, 1.82) is 0 Å². The van der Waals surface area contributed by atoms with E-state index in [1.54, 1.807) is 0 Å². The van der Waals surface area contributed by atoms with Gasteiger partial charge in [0, 0.05) is 6.42 Å². The van der Waals surface area contributed by atoms with Crippen molar-refractivity contribution in [3.8, 4) is 0 Å². The van der Waals surface area contributed by atoms with Crippen LogP contribution < -0.4 is 0 Å². The van der Waals surface area contributed by atoms with Crippen LogP contribution in [-0.4, -0.2) is 46.6 Å². The van der Waals surface area contributed by atoms with Crippen LogP contribution in [0.2, 0.25) is 0 Å². The first-order chi connectivity index (χ1) is 5.15. The number of hydrogen-bond donors (Lipinski definition) is 3. The van der Waals surface area contributed by atoms with Gasteiger partial charge in [-0.05, 0) is 0 Å². The monoisotopic (exact) mass is 166 g/mol. The smallest absolute Gasteiger partial charge is 0.201 e. The summed E-state index contributed by atoms with van der Waals surface area (Å²) >= 11 is 0. The van der Waals surface area contributed by atoms with Gasteiger partial charge in [0.25, 0.3) is 0 Å². The van der Waals surface area contributed by atoms with Gasteiger partial charge in [-0.25, -0.2) is 4.39 Å². The lowest BCUT2D eigenvalue weighted by Gasteiger charge is -2.32. The van der Waals surface area contributed by atoms with E-state index in [4.69, 9.17) is 15.3 Å². The second-order valence-corrected chi connectivity index (χ2v) is 2.56. The van der Waals surface area contributed by atoms with E-state index in [1.807, 2.05) is 0 Å². The Hall–Kier alpha value is -0.230. The molecule has 0 saturated carbocycles. The molecule has 0 amide bonds. The molecule has 1 fully saturated rings. The van der Waals surface area contributed by atoms with Gasteiger partial charge in [-0.15, -0.1) is 0 Å². The SMILES string of the molecule is OC[C@H]1OC(F)C[C@@H](O)[C@H]1O. The number of aliphatic hydroxyl groups is 3. The molecule has 0 aromatic heterocycles. The van der Waals surface area contributed by atoms with E-state index in [9.17, 15) is 4.39 Å². The van der Waals surface area contributed by atoms with Gasteiger partial charge in [-0.3, -0.25) is 0 Å². The lowest BCUT2D eigenvalue weighted by Crippen LogP contribution is -2.48. The normalized spacial score (nSPS) is 45.8. The van der Waals surface area contributed by atoms with E-state index < -0.39 is 31.3 Å². The number of halogens is 1. The van der Waals surface area contributed by atoms with E-state index in [0.29, 0.717) is 0 Å². The van der Waals surface area contributed by atoms with Crippen LogP contribution in [0.5, 0.6) is 0 Å². The van der Waals surface area contributed by atoms with Crippen molar-refractivity contribution in [2.45, 2.75) is 31.1 Å². The first-order valence-electron chi connectivity index (χ1n) is 3.41. The highest BCUT2D eigenvalue weighted by Gasteiger charge is 2.36. The molecule has 3 N–H and O–H groups in total. The molecular formula is C6H11FO4. The summed E-state index contributed by atoms with van der Waals surface area (Å²) in [5, 5.41) is 26.6. The highest BCUT2D eigenvalue weighted by atomic mass is 19.1. The molecule has 66 valence electrons. The van der Waals surface area contributed by atoms with Gasteiger partial charge < -0.3 is 20.1 Å². The zero-order valence-corrected chi connectivity index (χ0v) is 5.85. The molecule has 1 rings (SSSR count). The van der Waals surface area contributed by atoms with Gasteiger partial charge in [0.1, 0.15) is 12.2 Å². The number of rotatable bonds is 1. The van der Waals surface area contributed by atoms with Crippen molar-refractivity contribution >= 4 is 0 Å². The third-order valence-corrected chi connectivity index (χ3v) is 1.70. The van der Waals surface area contributed by atoms with Crippen molar-refractivity contribution in [2.75, 3.05) is 6.61 Å². The van der Waals surface area contributed by atoms with Crippen LogP contribution in [0.15, 0.2) is 0 Å². The van der Waals surface area contributed by atoms with Crippen molar-refractivity contribution in [3.05, 3.63) is 0 Å². The first kappa shape index (κ1) is 8.86. The summed E-state index contributed by atoms with van der Waals surface area (Å²) in [6.07, 6.45) is -5.17. The molecule has 1 aliphatic rings. The summed E-state index contributed by atoms with van der Waals surface area (Å²) in [6, 6.07) is 0. The Morgan fingerprint density at radius 3 is 2.64 bits per heavy atom. The molecule has 1 aliphatic heterocycles. The predicted molar refractivity (Wildman–Crippen MR) is 33.5 cm³/mol. The molecule has 1 saturated heterocycles. The fraction of sp³-hybridized carbons (Fsp3) is 1.00. The molecule has 1 unspecified atom stereocenters. The van der Waals surface area contributed by atoms with Gasteiger partial charge in [0.15, 0.2) is 0 Å². The zero-order valence-electron chi connectivity index (χ0n) is 5.85. The van der Waals surface area contributed by atoms with Crippen LogP contribution in [0.3, 0.4) is 0 Å². The predicted octanol–water partition coefficient (Wildman–Crippen LogP) is -1.22. The average molecular weight is 166 g/mol. The summed E-state index contributed by atoms with van der Waals surface area (Å²) in [4.78, 5) is 0. The van der Waals surface area contributed by atoms with Crippen molar-refractivity contribution in [1.82, 2.24) is 0 Å². The van der Waals surface area contributed by atoms with Gasteiger partial charge >= 0.3 is 0 Å². The molecule has 11 heavy (non-hydrogen) atoms. The zero-order chi connectivity index (χ0) is 8.43. The molecular weight excluding hydrogens is 155 g/mol. The molecule has 0 aliphatic carbocycles. The van der Waals surface area contributed by atoms with Crippen LogP contribution in [0.1, 0.15) is 6.42 Å². The summed E-state index contributed by atoms with van der Waals surface area (Å²) in [7, 11) is 0. The quantitative estimate of drug-likeness (QED) is 0.457. The number of ether oxygens (including phenoxy) is 1. The van der Waals surface area contributed by atoms with Crippen molar-refractivity contribution in [3.63, 3.8) is 0 Å². The Morgan fingerprint density at radius 1 is 1.45 bits per heavy atom. The maximum atomic E-state index is 12.4. The first-order valence-corrected chi connectivity index (χ1v) is 3.41. The summed E-state index contributed by atoms with van der Waals surface area (Å²) in [5.41, 5.74) is 0. The maximum Gasteiger partial charge on any atom is 0.201 e. The van der Waals surface area contributed by atoms with E-state index in [2.05, 4.69) is 4.74 Å².